The van der Waals surface area contributed by atoms with Crippen molar-refractivity contribution in [2.24, 2.45) is 0 Å². The Balaban J connectivity index is 2.71. The SMILES string of the molecule is O=CC(C(=O)O)N1CCCC1=O. The number of rotatable bonds is 3. The molecule has 1 saturated heterocycles. The number of carbonyl (C=O) groups excluding carboxylic acids is 2. The Kier molecular flexibility index (Phi) is 2.42. The molecule has 1 heterocycles. The van der Waals surface area contributed by atoms with Crippen LogP contribution in [0.4, 0.5) is 0 Å². The number of carbonyl (C=O) groups is 3. The van der Waals surface area contributed by atoms with Gasteiger partial charge in [0.15, 0.2) is 12.3 Å². The summed E-state index contributed by atoms with van der Waals surface area (Å²) in [5.41, 5.74) is 0. The minimum atomic E-state index is -1.29. The molecule has 1 amide bonds. The summed E-state index contributed by atoms with van der Waals surface area (Å²) in [5.74, 6) is -1.52. The second-order valence-corrected chi connectivity index (χ2v) is 2.61. The molecule has 0 saturated carbocycles. The number of carboxylic acids is 1. The van der Waals surface area contributed by atoms with Crippen molar-refractivity contribution in [3.05, 3.63) is 0 Å². The third-order valence-corrected chi connectivity index (χ3v) is 1.83. The Morgan fingerprint density at radius 3 is 2.67 bits per heavy atom. The summed E-state index contributed by atoms with van der Waals surface area (Å²) in [6, 6.07) is -1.29. The molecule has 0 aromatic rings. The van der Waals surface area contributed by atoms with Gasteiger partial charge in [0.1, 0.15) is 0 Å². The van der Waals surface area contributed by atoms with E-state index in [2.05, 4.69) is 0 Å². The Labute approximate surface area is 69.0 Å². The van der Waals surface area contributed by atoms with E-state index in [1.165, 1.54) is 0 Å². The molecule has 1 fully saturated rings. The fourth-order valence-electron chi connectivity index (χ4n) is 1.23. The molecule has 1 N–H and O–H groups in total. The standard InChI is InChI=1S/C7H9NO4/c9-4-5(7(11)12)8-3-1-2-6(8)10/h4-5H,1-3H2,(H,11,12). The van der Waals surface area contributed by atoms with E-state index in [0.717, 1.165) is 4.90 Å². The van der Waals surface area contributed by atoms with Gasteiger partial charge >= 0.3 is 5.97 Å². The van der Waals surface area contributed by atoms with Crippen LogP contribution in [0.2, 0.25) is 0 Å². The first-order valence-corrected chi connectivity index (χ1v) is 3.64. The Bertz CT molecular complexity index is 225. The second kappa shape index (κ2) is 3.34. The van der Waals surface area contributed by atoms with Crippen LogP contribution >= 0.6 is 0 Å². The summed E-state index contributed by atoms with van der Waals surface area (Å²) in [6.45, 7) is 0.370. The number of amides is 1. The summed E-state index contributed by atoms with van der Waals surface area (Å²) < 4.78 is 0. The van der Waals surface area contributed by atoms with Gasteiger partial charge in [0.2, 0.25) is 5.91 Å². The van der Waals surface area contributed by atoms with E-state index in [1.54, 1.807) is 0 Å². The molecule has 0 aliphatic carbocycles. The monoisotopic (exact) mass is 171 g/mol. The highest BCUT2D eigenvalue weighted by Crippen LogP contribution is 2.12. The maximum absolute atomic E-state index is 11.0. The van der Waals surface area contributed by atoms with E-state index in [-0.39, 0.29) is 12.2 Å². The van der Waals surface area contributed by atoms with Gasteiger partial charge in [-0.3, -0.25) is 4.79 Å². The van der Waals surface area contributed by atoms with Crippen LogP contribution in [0.5, 0.6) is 0 Å². The molecule has 0 aromatic carbocycles. The summed E-state index contributed by atoms with van der Waals surface area (Å²) in [4.78, 5) is 32.8. The normalized spacial score (nSPS) is 19.3. The molecule has 0 bridgehead atoms. The number of nitrogens with zero attached hydrogens (tertiary/aromatic N) is 1. The first kappa shape index (κ1) is 8.70. The summed E-state index contributed by atoms with van der Waals surface area (Å²) in [7, 11) is 0. The number of carboxylic acid groups (broad SMARTS) is 1. The molecule has 0 spiro atoms. The molecule has 1 rings (SSSR count). The topological polar surface area (TPSA) is 74.7 Å². The van der Waals surface area contributed by atoms with Gasteiger partial charge in [-0.1, -0.05) is 0 Å². The number of likely N-dealkylation sites (tertiary alicyclic amines) is 1. The highest BCUT2D eigenvalue weighted by molar-refractivity contribution is 5.96. The molecule has 5 heteroatoms. The van der Waals surface area contributed by atoms with Crippen molar-refractivity contribution in [3.8, 4) is 0 Å². The molecule has 1 aliphatic heterocycles. The van der Waals surface area contributed by atoms with Crippen molar-refractivity contribution >= 4 is 18.2 Å². The average molecular weight is 171 g/mol. The van der Waals surface area contributed by atoms with Gasteiger partial charge in [0.25, 0.3) is 0 Å². The number of hydrogen-bond acceptors (Lipinski definition) is 3. The minimum Gasteiger partial charge on any atom is -0.479 e. The van der Waals surface area contributed by atoms with Gasteiger partial charge in [-0.25, -0.2) is 4.79 Å². The third kappa shape index (κ3) is 1.44. The molecular formula is C7H9NO4. The van der Waals surface area contributed by atoms with Gasteiger partial charge < -0.3 is 14.8 Å². The van der Waals surface area contributed by atoms with Crippen LogP contribution in [0.15, 0.2) is 0 Å². The maximum atomic E-state index is 11.0. The quantitative estimate of drug-likeness (QED) is 0.448. The zero-order valence-electron chi connectivity index (χ0n) is 6.40. The van der Waals surface area contributed by atoms with Crippen LogP contribution in [0.25, 0.3) is 0 Å². The number of aldehydes is 1. The van der Waals surface area contributed by atoms with Crippen LogP contribution in [0, 0.1) is 0 Å². The number of hydrogen-bond donors (Lipinski definition) is 1. The highest BCUT2D eigenvalue weighted by Gasteiger charge is 2.32. The zero-order valence-corrected chi connectivity index (χ0v) is 6.40. The molecule has 5 nitrogen and oxygen atoms in total. The zero-order chi connectivity index (χ0) is 9.14. The van der Waals surface area contributed by atoms with Gasteiger partial charge in [-0.2, -0.15) is 0 Å². The summed E-state index contributed by atoms with van der Waals surface area (Å²) in [6.07, 6.45) is 1.26. The van der Waals surface area contributed by atoms with Crippen molar-refractivity contribution in [1.29, 1.82) is 0 Å². The lowest BCUT2D eigenvalue weighted by molar-refractivity contribution is -0.150. The maximum Gasteiger partial charge on any atom is 0.333 e. The first-order valence-electron chi connectivity index (χ1n) is 3.64. The largest absolute Gasteiger partial charge is 0.479 e. The summed E-state index contributed by atoms with van der Waals surface area (Å²) in [5, 5.41) is 8.53. The summed E-state index contributed by atoms with van der Waals surface area (Å²) >= 11 is 0. The predicted molar refractivity (Wildman–Crippen MR) is 38.4 cm³/mol. The van der Waals surface area contributed by atoms with E-state index in [9.17, 15) is 14.4 Å². The van der Waals surface area contributed by atoms with Gasteiger partial charge in [-0.05, 0) is 6.42 Å². The number of aliphatic carboxylic acids is 1. The second-order valence-electron chi connectivity index (χ2n) is 2.61. The Morgan fingerprint density at radius 2 is 2.33 bits per heavy atom. The predicted octanol–water partition coefficient (Wildman–Crippen LogP) is -0.739. The highest BCUT2D eigenvalue weighted by atomic mass is 16.4. The first-order chi connectivity index (χ1) is 5.66. The van der Waals surface area contributed by atoms with E-state index in [1.807, 2.05) is 0 Å². The van der Waals surface area contributed by atoms with Crippen molar-refractivity contribution in [2.45, 2.75) is 18.9 Å². The molecule has 1 atom stereocenters. The van der Waals surface area contributed by atoms with Crippen molar-refractivity contribution < 1.29 is 19.5 Å². The Morgan fingerprint density at radius 1 is 1.67 bits per heavy atom. The molecule has 1 aliphatic rings. The van der Waals surface area contributed by atoms with Crippen molar-refractivity contribution in [3.63, 3.8) is 0 Å². The van der Waals surface area contributed by atoms with Gasteiger partial charge in [-0.15, -0.1) is 0 Å². The lowest BCUT2D eigenvalue weighted by Gasteiger charge is -2.18. The molecular weight excluding hydrogens is 162 g/mol. The lowest BCUT2D eigenvalue weighted by atomic mass is 10.3. The van der Waals surface area contributed by atoms with Crippen LogP contribution in [-0.4, -0.2) is 40.8 Å². The fourth-order valence-corrected chi connectivity index (χ4v) is 1.23. The molecule has 1 unspecified atom stereocenters. The van der Waals surface area contributed by atoms with Crippen molar-refractivity contribution in [1.82, 2.24) is 4.90 Å². The molecule has 66 valence electrons. The van der Waals surface area contributed by atoms with Crippen LogP contribution in [0.3, 0.4) is 0 Å². The van der Waals surface area contributed by atoms with Crippen LogP contribution in [-0.2, 0) is 14.4 Å². The molecule has 0 aromatic heterocycles. The van der Waals surface area contributed by atoms with Crippen LogP contribution < -0.4 is 0 Å². The van der Waals surface area contributed by atoms with E-state index in [4.69, 9.17) is 5.11 Å². The van der Waals surface area contributed by atoms with Crippen LogP contribution in [0.1, 0.15) is 12.8 Å². The third-order valence-electron chi connectivity index (χ3n) is 1.83. The Hall–Kier alpha value is -1.39. The van der Waals surface area contributed by atoms with E-state index in [0.29, 0.717) is 19.4 Å². The van der Waals surface area contributed by atoms with E-state index < -0.39 is 12.0 Å². The smallest absolute Gasteiger partial charge is 0.333 e. The fraction of sp³-hybridized carbons (Fsp3) is 0.571. The average Bonchev–Trinajstić information content (AvgIpc) is 2.38. The van der Waals surface area contributed by atoms with Gasteiger partial charge in [0.05, 0.1) is 0 Å². The molecule has 12 heavy (non-hydrogen) atoms. The van der Waals surface area contributed by atoms with E-state index >= 15 is 0 Å². The van der Waals surface area contributed by atoms with Crippen molar-refractivity contribution in [2.75, 3.05) is 6.54 Å². The minimum absolute atomic E-state index is 0.255. The molecule has 0 radical (unpaired) electrons. The lowest BCUT2D eigenvalue weighted by Crippen LogP contribution is -2.42. The van der Waals surface area contributed by atoms with Gasteiger partial charge in [0, 0.05) is 13.0 Å².